The lowest BCUT2D eigenvalue weighted by atomic mass is 10.1. The predicted molar refractivity (Wildman–Crippen MR) is 47.2 cm³/mol. The van der Waals surface area contributed by atoms with E-state index in [0.29, 0.717) is 6.54 Å². The summed E-state index contributed by atoms with van der Waals surface area (Å²) in [5, 5.41) is 2.65. The van der Waals surface area contributed by atoms with Crippen molar-refractivity contribution in [2.45, 2.75) is 19.3 Å². The van der Waals surface area contributed by atoms with E-state index in [0.717, 1.165) is 24.8 Å². The zero-order valence-electron chi connectivity index (χ0n) is 7.18. The predicted octanol–water partition coefficient (Wildman–Crippen LogP) is 0.667. The summed E-state index contributed by atoms with van der Waals surface area (Å²) in [6, 6.07) is 0. The van der Waals surface area contributed by atoms with Gasteiger partial charge in [-0.25, -0.2) is 0 Å². The first-order valence-electron chi connectivity index (χ1n) is 4.30. The number of carbonyl (C=O) groups excluding carboxylic acids is 1. The molecule has 0 atom stereocenters. The van der Waals surface area contributed by atoms with Crippen molar-refractivity contribution in [1.82, 2.24) is 5.32 Å². The Kier molecular flexibility index (Phi) is 1.71. The highest BCUT2D eigenvalue weighted by atomic mass is 16.1. The average molecular weight is 164 g/mol. The van der Waals surface area contributed by atoms with Crippen LogP contribution in [0.1, 0.15) is 19.3 Å². The second kappa shape index (κ2) is 2.73. The molecule has 0 spiro atoms. The van der Waals surface area contributed by atoms with Gasteiger partial charge in [-0.05, 0) is 24.8 Å². The maximum absolute atomic E-state index is 11.3. The normalized spacial score (nSPS) is 20.9. The Balaban J connectivity index is 2.29. The minimum absolute atomic E-state index is 0.0469. The number of aliphatic imine (C=N–C) groups is 1. The van der Waals surface area contributed by atoms with Gasteiger partial charge in [-0.1, -0.05) is 0 Å². The Bertz CT molecular complexity index is 289. The van der Waals surface area contributed by atoms with Gasteiger partial charge >= 0.3 is 0 Å². The standard InChI is InChI=1S/C9H12N2O/c1-10-9(12)7-5-11-8-4-2-3-6(7)8/h2-5H2,1H3,(H,10,12). The van der Waals surface area contributed by atoms with Crippen LogP contribution in [0.5, 0.6) is 0 Å². The van der Waals surface area contributed by atoms with E-state index in [-0.39, 0.29) is 5.91 Å². The number of nitrogens with one attached hydrogen (secondary N) is 1. The molecule has 0 aromatic rings. The maximum Gasteiger partial charge on any atom is 0.249 e. The highest BCUT2D eigenvalue weighted by Gasteiger charge is 2.26. The molecule has 0 saturated heterocycles. The highest BCUT2D eigenvalue weighted by Crippen LogP contribution is 2.29. The van der Waals surface area contributed by atoms with Crippen molar-refractivity contribution >= 4 is 11.6 Å². The minimum atomic E-state index is 0.0469. The average Bonchev–Trinajstić information content (AvgIpc) is 2.62. The van der Waals surface area contributed by atoms with Crippen molar-refractivity contribution in [2.75, 3.05) is 13.6 Å². The number of fused-ring (bicyclic) bond motifs is 1. The quantitative estimate of drug-likeness (QED) is 0.608. The Labute approximate surface area is 71.6 Å². The molecule has 0 unspecified atom stereocenters. The zero-order valence-corrected chi connectivity index (χ0v) is 7.18. The summed E-state index contributed by atoms with van der Waals surface area (Å²) in [5.74, 6) is 0.0469. The second-order valence-electron chi connectivity index (χ2n) is 3.15. The van der Waals surface area contributed by atoms with Gasteiger partial charge in [0.2, 0.25) is 5.91 Å². The lowest BCUT2D eigenvalue weighted by molar-refractivity contribution is -0.117. The molecule has 1 saturated carbocycles. The number of carbonyl (C=O) groups is 1. The van der Waals surface area contributed by atoms with Crippen LogP contribution < -0.4 is 5.32 Å². The molecule has 2 rings (SSSR count). The van der Waals surface area contributed by atoms with Gasteiger partial charge in [0.1, 0.15) is 0 Å². The van der Waals surface area contributed by atoms with Crippen LogP contribution in [0.15, 0.2) is 16.1 Å². The zero-order chi connectivity index (χ0) is 8.55. The number of hydrogen-bond donors (Lipinski definition) is 1. The topological polar surface area (TPSA) is 41.5 Å². The van der Waals surface area contributed by atoms with Crippen molar-refractivity contribution in [2.24, 2.45) is 4.99 Å². The molecule has 1 aliphatic heterocycles. The summed E-state index contributed by atoms with van der Waals surface area (Å²) in [6.07, 6.45) is 3.27. The molecule has 0 aromatic carbocycles. The van der Waals surface area contributed by atoms with Crippen molar-refractivity contribution < 1.29 is 4.79 Å². The Morgan fingerprint density at radius 1 is 1.50 bits per heavy atom. The molecule has 64 valence electrons. The van der Waals surface area contributed by atoms with Crippen LogP contribution >= 0.6 is 0 Å². The van der Waals surface area contributed by atoms with E-state index >= 15 is 0 Å². The molecule has 3 nitrogen and oxygen atoms in total. The summed E-state index contributed by atoms with van der Waals surface area (Å²) in [5.41, 5.74) is 3.29. The maximum atomic E-state index is 11.3. The molecule has 1 aliphatic carbocycles. The molecule has 0 aromatic heterocycles. The SMILES string of the molecule is CNC(=O)C1=C2CCCC2=NC1. The first-order chi connectivity index (χ1) is 5.83. The van der Waals surface area contributed by atoms with Crippen molar-refractivity contribution in [3.05, 3.63) is 11.1 Å². The number of likely N-dealkylation sites (N-methyl/N-ethyl adjacent to an activating group) is 1. The Morgan fingerprint density at radius 2 is 2.33 bits per heavy atom. The number of nitrogens with zero attached hydrogens (tertiary/aromatic N) is 1. The van der Waals surface area contributed by atoms with Gasteiger partial charge in [-0.2, -0.15) is 0 Å². The fourth-order valence-corrected chi connectivity index (χ4v) is 1.86. The van der Waals surface area contributed by atoms with Crippen LogP contribution in [0.2, 0.25) is 0 Å². The number of amides is 1. The molecule has 3 heteroatoms. The van der Waals surface area contributed by atoms with Crippen LogP contribution in [0.3, 0.4) is 0 Å². The number of rotatable bonds is 1. The third-order valence-electron chi connectivity index (χ3n) is 2.48. The molecule has 0 radical (unpaired) electrons. The van der Waals surface area contributed by atoms with E-state index in [9.17, 15) is 4.79 Å². The molecule has 2 aliphatic rings. The van der Waals surface area contributed by atoms with Gasteiger partial charge in [0.25, 0.3) is 0 Å². The molecular formula is C9H12N2O. The van der Waals surface area contributed by atoms with Gasteiger partial charge in [0.05, 0.1) is 6.54 Å². The van der Waals surface area contributed by atoms with Crippen LogP contribution in [-0.4, -0.2) is 25.2 Å². The largest absolute Gasteiger partial charge is 0.355 e. The third kappa shape index (κ3) is 0.967. The first kappa shape index (κ1) is 7.53. The monoisotopic (exact) mass is 164 g/mol. The summed E-state index contributed by atoms with van der Waals surface area (Å²) >= 11 is 0. The lowest BCUT2D eigenvalue weighted by Gasteiger charge is -2.00. The van der Waals surface area contributed by atoms with E-state index in [1.165, 1.54) is 11.3 Å². The first-order valence-corrected chi connectivity index (χ1v) is 4.30. The molecule has 1 heterocycles. The van der Waals surface area contributed by atoms with Gasteiger partial charge < -0.3 is 5.32 Å². The molecule has 12 heavy (non-hydrogen) atoms. The van der Waals surface area contributed by atoms with E-state index in [1.54, 1.807) is 7.05 Å². The van der Waals surface area contributed by atoms with Crippen molar-refractivity contribution in [3.63, 3.8) is 0 Å². The van der Waals surface area contributed by atoms with Crippen molar-refractivity contribution in [1.29, 1.82) is 0 Å². The summed E-state index contributed by atoms with van der Waals surface area (Å²) in [7, 11) is 1.67. The molecule has 1 amide bonds. The van der Waals surface area contributed by atoms with Crippen molar-refractivity contribution in [3.8, 4) is 0 Å². The fraction of sp³-hybridized carbons (Fsp3) is 0.556. The lowest BCUT2D eigenvalue weighted by Crippen LogP contribution is -2.21. The Hall–Kier alpha value is -1.12. The van der Waals surface area contributed by atoms with E-state index in [1.807, 2.05) is 0 Å². The fourth-order valence-electron chi connectivity index (χ4n) is 1.86. The van der Waals surface area contributed by atoms with Gasteiger partial charge in [0, 0.05) is 18.3 Å². The number of allylic oxidation sites excluding steroid dienone is 1. The van der Waals surface area contributed by atoms with E-state index in [4.69, 9.17) is 0 Å². The smallest absolute Gasteiger partial charge is 0.249 e. The Morgan fingerprint density at radius 3 is 3.08 bits per heavy atom. The summed E-state index contributed by atoms with van der Waals surface area (Å²) in [6.45, 7) is 0.602. The molecule has 1 N–H and O–H groups in total. The molecule has 0 bridgehead atoms. The van der Waals surface area contributed by atoms with Crippen LogP contribution in [-0.2, 0) is 4.79 Å². The summed E-state index contributed by atoms with van der Waals surface area (Å²) in [4.78, 5) is 15.6. The van der Waals surface area contributed by atoms with Gasteiger partial charge in [-0.3, -0.25) is 9.79 Å². The van der Waals surface area contributed by atoms with E-state index < -0.39 is 0 Å². The highest BCUT2D eigenvalue weighted by molar-refractivity contribution is 6.12. The van der Waals surface area contributed by atoms with Gasteiger partial charge in [-0.15, -0.1) is 0 Å². The summed E-state index contributed by atoms with van der Waals surface area (Å²) < 4.78 is 0. The van der Waals surface area contributed by atoms with Crippen LogP contribution in [0.25, 0.3) is 0 Å². The van der Waals surface area contributed by atoms with Crippen LogP contribution in [0, 0.1) is 0 Å². The number of hydrogen-bond acceptors (Lipinski definition) is 2. The minimum Gasteiger partial charge on any atom is -0.355 e. The van der Waals surface area contributed by atoms with E-state index in [2.05, 4.69) is 10.3 Å². The molecular weight excluding hydrogens is 152 g/mol. The van der Waals surface area contributed by atoms with Gasteiger partial charge in [0.15, 0.2) is 0 Å². The molecule has 1 fully saturated rings. The van der Waals surface area contributed by atoms with Crippen LogP contribution in [0.4, 0.5) is 0 Å². The second-order valence-corrected chi connectivity index (χ2v) is 3.15. The third-order valence-corrected chi connectivity index (χ3v) is 2.48.